The van der Waals surface area contributed by atoms with Crippen molar-refractivity contribution in [2.45, 2.75) is 25.4 Å². The van der Waals surface area contributed by atoms with E-state index < -0.39 is 5.60 Å². The molecule has 0 radical (unpaired) electrons. The smallest absolute Gasteiger partial charge is 0.228 e. The number of hydrogen-bond acceptors (Lipinski definition) is 4. The normalized spacial score (nSPS) is 20.2. The fourth-order valence-electron chi connectivity index (χ4n) is 2.89. The first-order chi connectivity index (χ1) is 11.6. The van der Waals surface area contributed by atoms with Gasteiger partial charge in [0.1, 0.15) is 18.0 Å². The number of benzene rings is 1. The van der Waals surface area contributed by atoms with E-state index in [0.717, 1.165) is 17.0 Å². The number of hydrogen-bond donors (Lipinski definition) is 1. The van der Waals surface area contributed by atoms with Gasteiger partial charge in [0.25, 0.3) is 0 Å². The standard InChI is InChI=1S/C19H22N2O3/c1-15-6-2-3-8-17(15)24-14-19(23)9-11-21(13-19)18(22)12-16-7-4-5-10-20-16/h2-8,10,23H,9,11-14H2,1H3/t19-/m1/s1. The second-order valence-electron chi connectivity index (χ2n) is 6.34. The Morgan fingerprint density at radius 2 is 2.08 bits per heavy atom. The summed E-state index contributed by atoms with van der Waals surface area (Å²) in [6.45, 7) is 2.99. The number of β-amino-alcohol motifs (C(OH)–C–C–N with tert-alkyl or cyclic N) is 1. The molecular weight excluding hydrogens is 304 g/mol. The van der Waals surface area contributed by atoms with E-state index in [1.165, 1.54) is 0 Å². The molecule has 1 aromatic carbocycles. The molecule has 2 heterocycles. The number of amides is 1. The first kappa shape index (κ1) is 16.5. The first-order valence-corrected chi connectivity index (χ1v) is 8.14. The van der Waals surface area contributed by atoms with Gasteiger partial charge in [0.05, 0.1) is 13.0 Å². The summed E-state index contributed by atoms with van der Waals surface area (Å²) in [5, 5.41) is 10.7. The van der Waals surface area contributed by atoms with Crippen LogP contribution in [0.1, 0.15) is 17.7 Å². The molecule has 1 saturated heterocycles. The quantitative estimate of drug-likeness (QED) is 0.912. The Labute approximate surface area is 141 Å². The number of pyridine rings is 1. The van der Waals surface area contributed by atoms with Gasteiger partial charge in [-0.25, -0.2) is 0 Å². The molecule has 2 aromatic rings. The van der Waals surface area contributed by atoms with Crippen molar-refractivity contribution in [1.29, 1.82) is 0 Å². The van der Waals surface area contributed by atoms with Crippen molar-refractivity contribution >= 4 is 5.91 Å². The largest absolute Gasteiger partial charge is 0.490 e. The zero-order valence-corrected chi connectivity index (χ0v) is 13.8. The maximum atomic E-state index is 12.4. The molecule has 0 bridgehead atoms. The molecule has 1 amide bonds. The lowest BCUT2D eigenvalue weighted by Gasteiger charge is -2.24. The highest BCUT2D eigenvalue weighted by atomic mass is 16.5. The summed E-state index contributed by atoms with van der Waals surface area (Å²) < 4.78 is 5.77. The van der Waals surface area contributed by atoms with Gasteiger partial charge in [-0.15, -0.1) is 0 Å². The van der Waals surface area contributed by atoms with Crippen molar-refractivity contribution < 1.29 is 14.6 Å². The topological polar surface area (TPSA) is 62.7 Å². The van der Waals surface area contributed by atoms with E-state index in [9.17, 15) is 9.90 Å². The number of ether oxygens (including phenoxy) is 1. The zero-order valence-electron chi connectivity index (χ0n) is 13.8. The Morgan fingerprint density at radius 1 is 1.29 bits per heavy atom. The molecule has 1 fully saturated rings. The molecule has 0 spiro atoms. The lowest BCUT2D eigenvalue weighted by atomic mass is 10.1. The van der Waals surface area contributed by atoms with Gasteiger partial charge in [-0.3, -0.25) is 9.78 Å². The number of carbonyl (C=O) groups is 1. The Hall–Kier alpha value is -2.40. The molecular formula is C19H22N2O3. The minimum atomic E-state index is -0.998. The third kappa shape index (κ3) is 3.92. The van der Waals surface area contributed by atoms with Crippen LogP contribution in [-0.2, 0) is 11.2 Å². The fourth-order valence-corrected chi connectivity index (χ4v) is 2.89. The molecule has 1 aromatic heterocycles. The van der Waals surface area contributed by atoms with Gasteiger partial charge in [0, 0.05) is 18.4 Å². The van der Waals surface area contributed by atoms with Crippen LogP contribution < -0.4 is 4.74 Å². The minimum Gasteiger partial charge on any atom is -0.490 e. The van der Waals surface area contributed by atoms with Crippen molar-refractivity contribution in [2.24, 2.45) is 0 Å². The van der Waals surface area contributed by atoms with Crippen molar-refractivity contribution in [3.05, 3.63) is 59.9 Å². The van der Waals surface area contributed by atoms with Gasteiger partial charge in [-0.1, -0.05) is 24.3 Å². The zero-order chi connectivity index (χ0) is 17.0. The highest BCUT2D eigenvalue weighted by Gasteiger charge is 2.39. The van der Waals surface area contributed by atoms with Crippen LogP contribution in [0.4, 0.5) is 0 Å². The molecule has 0 saturated carbocycles. The molecule has 1 atom stereocenters. The average molecular weight is 326 g/mol. The number of aromatic nitrogens is 1. The highest BCUT2D eigenvalue weighted by Crippen LogP contribution is 2.25. The van der Waals surface area contributed by atoms with E-state index in [1.807, 2.05) is 49.4 Å². The highest BCUT2D eigenvalue weighted by molar-refractivity contribution is 5.78. The summed E-state index contributed by atoms with van der Waals surface area (Å²) in [4.78, 5) is 18.2. The molecule has 1 aliphatic rings. The molecule has 1 aliphatic heterocycles. The number of rotatable bonds is 5. The van der Waals surface area contributed by atoms with Crippen molar-refractivity contribution in [3.8, 4) is 5.75 Å². The maximum Gasteiger partial charge on any atom is 0.228 e. The summed E-state index contributed by atoms with van der Waals surface area (Å²) >= 11 is 0. The maximum absolute atomic E-state index is 12.4. The minimum absolute atomic E-state index is 0.0134. The van der Waals surface area contributed by atoms with Crippen LogP contribution in [0.2, 0.25) is 0 Å². The van der Waals surface area contributed by atoms with Crippen LogP contribution >= 0.6 is 0 Å². The first-order valence-electron chi connectivity index (χ1n) is 8.14. The number of aliphatic hydroxyl groups is 1. The molecule has 5 nitrogen and oxygen atoms in total. The fraction of sp³-hybridized carbons (Fsp3) is 0.368. The second-order valence-corrected chi connectivity index (χ2v) is 6.34. The molecule has 3 rings (SSSR count). The van der Waals surface area contributed by atoms with Gasteiger partial charge < -0.3 is 14.7 Å². The van der Waals surface area contributed by atoms with Crippen LogP contribution in [0, 0.1) is 6.92 Å². The molecule has 0 aliphatic carbocycles. The van der Waals surface area contributed by atoms with Crippen LogP contribution in [0.5, 0.6) is 5.75 Å². The van der Waals surface area contributed by atoms with Crippen LogP contribution in [0.3, 0.4) is 0 Å². The predicted octanol–water partition coefficient (Wildman–Crippen LogP) is 1.97. The Morgan fingerprint density at radius 3 is 2.83 bits per heavy atom. The molecule has 0 unspecified atom stereocenters. The van der Waals surface area contributed by atoms with E-state index >= 15 is 0 Å². The van der Waals surface area contributed by atoms with Crippen LogP contribution in [0.25, 0.3) is 0 Å². The molecule has 1 N–H and O–H groups in total. The van der Waals surface area contributed by atoms with Gasteiger partial charge in [-0.2, -0.15) is 0 Å². The molecule has 126 valence electrons. The summed E-state index contributed by atoms with van der Waals surface area (Å²) in [6, 6.07) is 13.2. The Kier molecular flexibility index (Phi) is 4.81. The van der Waals surface area contributed by atoms with Gasteiger partial charge in [0.2, 0.25) is 5.91 Å². The Bertz CT molecular complexity index is 705. The van der Waals surface area contributed by atoms with E-state index in [2.05, 4.69) is 4.98 Å². The number of carbonyl (C=O) groups excluding carboxylic acids is 1. The number of likely N-dealkylation sites (tertiary alicyclic amines) is 1. The van der Waals surface area contributed by atoms with Crippen molar-refractivity contribution in [1.82, 2.24) is 9.88 Å². The number of aryl methyl sites for hydroxylation is 1. The SMILES string of the molecule is Cc1ccccc1OC[C@@]1(O)CCN(C(=O)Cc2ccccn2)C1. The number of nitrogens with zero attached hydrogens (tertiary/aromatic N) is 2. The van der Waals surface area contributed by atoms with Gasteiger partial charge in [0.15, 0.2) is 0 Å². The van der Waals surface area contributed by atoms with Gasteiger partial charge in [-0.05, 0) is 37.1 Å². The second kappa shape index (κ2) is 7.01. The van der Waals surface area contributed by atoms with E-state index in [1.54, 1.807) is 11.1 Å². The molecule has 24 heavy (non-hydrogen) atoms. The average Bonchev–Trinajstić information content (AvgIpc) is 2.98. The van der Waals surface area contributed by atoms with Crippen LogP contribution in [-0.4, -0.2) is 46.2 Å². The van der Waals surface area contributed by atoms with Gasteiger partial charge >= 0.3 is 0 Å². The third-order valence-corrected chi connectivity index (χ3v) is 4.33. The predicted molar refractivity (Wildman–Crippen MR) is 90.8 cm³/mol. The third-order valence-electron chi connectivity index (χ3n) is 4.33. The lowest BCUT2D eigenvalue weighted by Crippen LogP contribution is -2.41. The van der Waals surface area contributed by atoms with Crippen molar-refractivity contribution in [3.63, 3.8) is 0 Å². The summed E-state index contributed by atoms with van der Waals surface area (Å²) in [5.41, 5.74) is 0.776. The van der Waals surface area contributed by atoms with Crippen LogP contribution in [0.15, 0.2) is 48.7 Å². The number of para-hydroxylation sites is 1. The summed E-state index contributed by atoms with van der Waals surface area (Å²) in [5.74, 6) is 0.754. The monoisotopic (exact) mass is 326 g/mol. The van der Waals surface area contributed by atoms with E-state index in [4.69, 9.17) is 4.74 Å². The van der Waals surface area contributed by atoms with E-state index in [0.29, 0.717) is 19.5 Å². The van der Waals surface area contributed by atoms with E-state index in [-0.39, 0.29) is 18.9 Å². The summed E-state index contributed by atoms with van der Waals surface area (Å²) in [6.07, 6.45) is 2.46. The molecule has 5 heteroatoms. The Balaban J connectivity index is 1.55. The summed E-state index contributed by atoms with van der Waals surface area (Å²) in [7, 11) is 0. The van der Waals surface area contributed by atoms with Crippen molar-refractivity contribution in [2.75, 3.05) is 19.7 Å². The lowest BCUT2D eigenvalue weighted by molar-refractivity contribution is -0.130.